The molecule has 182 valence electrons. The van der Waals surface area contributed by atoms with Crippen LogP contribution in [0.1, 0.15) is 6.23 Å². The van der Waals surface area contributed by atoms with Gasteiger partial charge >= 0.3 is 75.4 Å². The number of aromatic nitrogens is 4. The van der Waals surface area contributed by atoms with Gasteiger partial charge in [-0.3, -0.25) is 18.0 Å². The van der Waals surface area contributed by atoms with Crippen molar-refractivity contribution < 1.29 is 138 Å². The topological polar surface area (TPSA) is 325 Å². The standard InChI is InChI=1S/C10H17N6O12P3.4Li.H2O/c11-8-5-9(13-2-12-8)16(3-14-5)10-7(18)6(17)4(27-10)1-26-31(24,25)28-30(22,23)15-29(19,20)21;;;;;/h2-4,6-7,10,17-18H,1H2,(H,24,25)(H2,11,12,13)(H4,15,19,20,21,22,23);;;;;1H2/q;4*+1;/p-4/t4-,6-,7-,10-;;;;;/m1...../s1. The molecule has 2 unspecified atom stereocenters. The number of nitrogens with zero attached hydrogens (tertiary/aromatic N) is 4. The number of hydrogen-bond donors (Lipinski definition) is 4. The Morgan fingerprint density at radius 1 is 1.06 bits per heavy atom. The van der Waals surface area contributed by atoms with Crippen LogP contribution >= 0.6 is 23.3 Å². The van der Waals surface area contributed by atoms with Crippen LogP contribution in [-0.4, -0.2) is 60.1 Å². The summed E-state index contributed by atoms with van der Waals surface area (Å²) in [4.78, 5) is 55.8. The average Bonchev–Trinajstić information content (AvgIpc) is 3.13. The summed E-state index contributed by atoms with van der Waals surface area (Å²) in [5.41, 5.74) is 5.94. The van der Waals surface area contributed by atoms with E-state index in [0.29, 0.717) is 4.86 Å². The summed E-state index contributed by atoms with van der Waals surface area (Å²) in [7, 11) is -17.5. The maximum atomic E-state index is 11.6. The summed E-state index contributed by atoms with van der Waals surface area (Å²) >= 11 is 0. The summed E-state index contributed by atoms with van der Waals surface area (Å²) in [6.07, 6.45) is -3.92. The average molecular weight is 548 g/mol. The molecule has 3 rings (SSSR count). The predicted octanol–water partition coefficient (Wildman–Crippen LogP) is -17.4. The number of aliphatic hydroxyl groups is 2. The van der Waals surface area contributed by atoms with Crippen molar-refractivity contribution in [3.63, 3.8) is 0 Å². The summed E-state index contributed by atoms with van der Waals surface area (Å²) in [5.74, 6) is 0.0254. The second-order valence-electron chi connectivity index (χ2n) is 6.05. The first-order valence-electron chi connectivity index (χ1n) is 7.93. The maximum absolute atomic E-state index is 11.6. The molecule has 1 saturated heterocycles. The molecule has 26 heteroatoms. The zero-order valence-corrected chi connectivity index (χ0v) is 22.0. The Balaban J connectivity index is -0.00000218. The number of nitrogens with two attached hydrogens (primary N) is 1. The van der Waals surface area contributed by atoms with Crippen molar-refractivity contribution in [2.24, 2.45) is 0 Å². The first kappa shape index (κ1) is 41.5. The fraction of sp³-hybridized carbons (Fsp3) is 0.500. The second-order valence-corrected chi connectivity index (χ2v) is 10.6. The summed E-state index contributed by atoms with van der Waals surface area (Å²) in [5, 5.41) is 20.3. The molecule has 36 heavy (non-hydrogen) atoms. The van der Waals surface area contributed by atoms with Gasteiger partial charge in [0.1, 0.15) is 30.2 Å². The molecule has 1 aliphatic heterocycles. The Bertz CT molecular complexity index is 1130. The van der Waals surface area contributed by atoms with Crippen LogP contribution in [0.25, 0.3) is 11.2 Å². The molecule has 0 amide bonds. The minimum absolute atomic E-state index is 0. The Morgan fingerprint density at radius 3 is 2.19 bits per heavy atom. The van der Waals surface area contributed by atoms with Crippen LogP contribution in [0, 0.1) is 0 Å². The number of fused-ring (bicyclic) bond motifs is 1. The monoisotopic (exact) mass is 548 g/mol. The third-order valence-corrected chi connectivity index (χ3v) is 7.93. The number of phosphoric ester groups is 1. The first-order chi connectivity index (χ1) is 14.2. The largest absolute Gasteiger partial charge is 1.00 e. The van der Waals surface area contributed by atoms with E-state index < -0.39 is 54.5 Å². The van der Waals surface area contributed by atoms with Crippen molar-refractivity contribution in [1.82, 2.24) is 24.4 Å². The van der Waals surface area contributed by atoms with Gasteiger partial charge in [0.05, 0.1) is 12.9 Å². The number of hydrogen-bond acceptors (Lipinski definition) is 16. The molecule has 0 aliphatic carbocycles. The third kappa shape index (κ3) is 10.5. The van der Waals surface area contributed by atoms with Gasteiger partial charge in [0, 0.05) is 7.75 Å². The molecule has 2 aromatic heterocycles. The van der Waals surface area contributed by atoms with Gasteiger partial charge in [0.15, 0.2) is 17.7 Å². The normalized spacial score (nSPS) is 24.5. The predicted molar refractivity (Wildman–Crippen MR) is 92.3 cm³/mol. The first-order valence-corrected chi connectivity index (χ1v) is 12.5. The zero-order chi connectivity index (χ0) is 23.2. The molecule has 0 radical (unpaired) electrons. The quantitative estimate of drug-likeness (QED) is 0.176. The summed E-state index contributed by atoms with van der Waals surface area (Å²) in [6, 6.07) is 0. The second kappa shape index (κ2) is 15.7. The molecule has 1 aliphatic rings. The molecule has 1 fully saturated rings. The van der Waals surface area contributed by atoms with Gasteiger partial charge in [0.2, 0.25) is 7.75 Å². The SMILES string of the molecule is Nc1ncnc2c1ncn2[C@@H]1O[C@H](COP(=O)([O-])OP(=O)([O-])NP(=O)([O-])[O-])[C@@H](O)[C@H]1O.O.[Li+].[Li+].[Li+].[Li+]. The molecule has 3 heterocycles. The number of anilines is 1. The molecule has 0 bridgehead atoms. The number of nitrogen functional groups attached to an aromatic ring is 1. The number of rotatable bonds is 8. The van der Waals surface area contributed by atoms with Crippen LogP contribution in [0.4, 0.5) is 5.82 Å². The van der Waals surface area contributed by atoms with Gasteiger partial charge in [-0.2, -0.15) is 0 Å². The van der Waals surface area contributed by atoms with Gasteiger partial charge in [-0.1, -0.05) is 0 Å². The fourth-order valence-corrected chi connectivity index (χ4v) is 5.89. The van der Waals surface area contributed by atoms with Crippen LogP contribution in [0.5, 0.6) is 0 Å². The van der Waals surface area contributed by atoms with Crippen molar-refractivity contribution >= 4 is 40.3 Å². The number of phosphoric acid groups is 1. The Hall–Kier alpha value is 0.990. The van der Waals surface area contributed by atoms with Crippen LogP contribution in [0.2, 0.25) is 0 Å². The maximum Gasteiger partial charge on any atom is 1.00 e. The molecule has 19 nitrogen and oxygen atoms in total. The molecule has 0 spiro atoms. The molecule has 0 saturated carbocycles. The van der Waals surface area contributed by atoms with Crippen LogP contribution < -0.4 is 106 Å². The molecule has 2 aromatic rings. The summed E-state index contributed by atoms with van der Waals surface area (Å²) < 4.78 is 47.6. The number of ether oxygens (including phenoxy) is 1. The molecule has 7 N–H and O–H groups in total. The number of aliphatic hydroxyl groups excluding tert-OH is 2. The Kier molecular flexibility index (Phi) is 18.1. The van der Waals surface area contributed by atoms with Crippen molar-refractivity contribution in [3.05, 3.63) is 12.7 Å². The zero-order valence-electron chi connectivity index (χ0n) is 19.4. The van der Waals surface area contributed by atoms with E-state index in [4.69, 9.17) is 10.5 Å². The van der Waals surface area contributed by atoms with E-state index in [1.54, 1.807) is 0 Å². The minimum Gasteiger partial charge on any atom is -0.799 e. The Morgan fingerprint density at radius 2 is 1.64 bits per heavy atom. The van der Waals surface area contributed by atoms with Gasteiger partial charge in [-0.05, 0) is 0 Å². The van der Waals surface area contributed by atoms with E-state index >= 15 is 0 Å². The molecule has 0 aromatic carbocycles. The van der Waals surface area contributed by atoms with E-state index in [1.807, 2.05) is 0 Å². The van der Waals surface area contributed by atoms with Gasteiger partial charge < -0.3 is 54.8 Å². The van der Waals surface area contributed by atoms with Gasteiger partial charge in [-0.15, -0.1) is 0 Å². The molecular formula is C10H15Li4N6O13P3. The van der Waals surface area contributed by atoms with Crippen molar-refractivity contribution in [2.45, 2.75) is 24.5 Å². The van der Waals surface area contributed by atoms with Crippen LogP contribution in [0.3, 0.4) is 0 Å². The van der Waals surface area contributed by atoms with E-state index in [1.165, 1.54) is 10.9 Å². The minimum atomic E-state index is -5.89. The van der Waals surface area contributed by atoms with Gasteiger partial charge in [0.25, 0.3) is 7.82 Å². The smallest absolute Gasteiger partial charge is 0.799 e. The third-order valence-electron chi connectivity index (χ3n) is 3.85. The van der Waals surface area contributed by atoms with Crippen molar-refractivity contribution in [3.8, 4) is 0 Å². The van der Waals surface area contributed by atoms with E-state index in [2.05, 4.69) is 23.8 Å². The molecular weight excluding hydrogens is 533 g/mol. The number of nitrogens with one attached hydrogen (secondary N) is 1. The van der Waals surface area contributed by atoms with Crippen molar-refractivity contribution in [1.29, 1.82) is 0 Å². The van der Waals surface area contributed by atoms with Gasteiger partial charge in [-0.25, -0.2) is 19.8 Å². The van der Waals surface area contributed by atoms with Crippen LogP contribution in [-0.2, 0) is 27.3 Å². The fourth-order valence-electron chi connectivity index (χ4n) is 2.64. The molecule has 6 atom stereocenters. The van der Waals surface area contributed by atoms with E-state index in [0.717, 1.165) is 6.33 Å². The van der Waals surface area contributed by atoms with E-state index in [9.17, 15) is 43.5 Å². The van der Waals surface area contributed by atoms with Crippen molar-refractivity contribution in [2.75, 3.05) is 12.3 Å². The Labute approximate surface area is 250 Å². The summed E-state index contributed by atoms with van der Waals surface area (Å²) in [6.45, 7) is -1.05. The van der Waals surface area contributed by atoms with E-state index in [-0.39, 0.29) is 97.9 Å². The van der Waals surface area contributed by atoms with Crippen LogP contribution in [0.15, 0.2) is 12.7 Å². The number of imidazole rings is 1.